The van der Waals surface area contributed by atoms with Gasteiger partial charge in [-0.15, -0.1) is 0 Å². The van der Waals surface area contributed by atoms with Crippen LogP contribution in [0.1, 0.15) is 0 Å². The Labute approximate surface area is 93.6 Å². The summed E-state index contributed by atoms with van der Waals surface area (Å²) in [4.78, 5) is 14.3. The van der Waals surface area contributed by atoms with E-state index in [-0.39, 0.29) is 0 Å². The fraction of sp³-hybridized carbons (Fsp3) is 0.300. The third kappa shape index (κ3) is 2.61. The highest BCUT2D eigenvalue weighted by atomic mass is 19.4. The molecule has 0 spiro atoms. The van der Waals surface area contributed by atoms with Gasteiger partial charge < -0.3 is 9.32 Å². The van der Waals surface area contributed by atoms with E-state index in [1.165, 1.54) is 25.2 Å². The number of aromatic amines is 1. The molecule has 0 radical (unpaired) electrons. The van der Waals surface area contributed by atoms with Crippen LogP contribution in [0.5, 0.6) is 0 Å². The summed E-state index contributed by atoms with van der Waals surface area (Å²) in [7, 11) is 1.33. The summed E-state index contributed by atoms with van der Waals surface area (Å²) in [5.41, 5.74) is 1.05. The molecular formula is C10H9F3N2O2. The Bertz CT molecular complexity index is 585. The molecule has 0 fully saturated rings. The molecule has 17 heavy (non-hydrogen) atoms. The van der Waals surface area contributed by atoms with Crippen LogP contribution < -0.4 is 10.7 Å². The third-order valence-electron chi connectivity index (χ3n) is 2.26. The zero-order chi connectivity index (χ0) is 12.6. The molecule has 0 aliphatic heterocycles. The molecule has 0 saturated carbocycles. The third-order valence-corrected chi connectivity index (χ3v) is 2.26. The minimum atomic E-state index is -4.27. The molecule has 0 amide bonds. The Kier molecular flexibility index (Phi) is 2.60. The Morgan fingerprint density at radius 1 is 1.41 bits per heavy atom. The van der Waals surface area contributed by atoms with Crippen molar-refractivity contribution >= 4 is 16.8 Å². The van der Waals surface area contributed by atoms with E-state index in [0.29, 0.717) is 16.8 Å². The van der Waals surface area contributed by atoms with Crippen LogP contribution in [0, 0.1) is 0 Å². The molecule has 2 aromatic rings. The van der Waals surface area contributed by atoms with Crippen LogP contribution in [0.3, 0.4) is 0 Å². The van der Waals surface area contributed by atoms with Crippen LogP contribution in [-0.4, -0.2) is 24.8 Å². The van der Waals surface area contributed by atoms with E-state index in [1.807, 2.05) is 0 Å². The summed E-state index contributed by atoms with van der Waals surface area (Å²) >= 11 is 0. The highest BCUT2D eigenvalue weighted by Crippen LogP contribution is 2.23. The first-order chi connectivity index (χ1) is 7.85. The lowest BCUT2D eigenvalue weighted by Gasteiger charge is -2.20. The average molecular weight is 246 g/mol. The number of H-pyrrole nitrogens is 1. The summed E-state index contributed by atoms with van der Waals surface area (Å²) in [6.45, 7) is -1.05. The van der Waals surface area contributed by atoms with Crippen molar-refractivity contribution in [3.05, 3.63) is 28.7 Å². The van der Waals surface area contributed by atoms with Crippen molar-refractivity contribution in [2.24, 2.45) is 0 Å². The summed E-state index contributed by atoms with van der Waals surface area (Å²) in [6, 6.07) is 4.35. The number of alkyl halides is 3. The predicted molar refractivity (Wildman–Crippen MR) is 56.2 cm³/mol. The summed E-state index contributed by atoms with van der Waals surface area (Å²) in [5, 5.41) is 0. The zero-order valence-electron chi connectivity index (χ0n) is 8.84. The SMILES string of the molecule is CN(CC(F)(F)F)c1ccc2oc(=O)[nH]c2c1. The molecular weight excluding hydrogens is 237 g/mol. The Balaban J connectivity index is 2.32. The number of nitrogens with zero attached hydrogens (tertiary/aromatic N) is 1. The van der Waals surface area contributed by atoms with E-state index in [0.717, 1.165) is 4.90 Å². The molecule has 0 aliphatic rings. The maximum absolute atomic E-state index is 12.2. The number of halogens is 3. The normalized spacial score (nSPS) is 12.0. The maximum Gasteiger partial charge on any atom is 0.417 e. The number of nitrogens with one attached hydrogen (secondary N) is 1. The Hall–Kier alpha value is -1.92. The zero-order valence-corrected chi connectivity index (χ0v) is 8.84. The first-order valence-corrected chi connectivity index (χ1v) is 4.76. The van der Waals surface area contributed by atoms with Gasteiger partial charge in [0.1, 0.15) is 6.54 Å². The van der Waals surface area contributed by atoms with Crippen molar-refractivity contribution in [2.75, 3.05) is 18.5 Å². The van der Waals surface area contributed by atoms with E-state index in [2.05, 4.69) is 4.98 Å². The van der Waals surface area contributed by atoms with Crippen molar-refractivity contribution < 1.29 is 17.6 Å². The van der Waals surface area contributed by atoms with E-state index in [1.54, 1.807) is 0 Å². The minimum Gasteiger partial charge on any atom is -0.408 e. The molecule has 0 aliphatic carbocycles. The van der Waals surface area contributed by atoms with Crippen LogP contribution in [-0.2, 0) is 0 Å². The smallest absolute Gasteiger partial charge is 0.408 e. The van der Waals surface area contributed by atoms with E-state index >= 15 is 0 Å². The fourth-order valence-electron chi connectivity index (χ4n) is 1.54. The molecule has 2 rings (SSSR count). The summed E-state index contributed by atoms with van der Waals surface area (Å²) in [6.07, 6.45) is -4.27. The Morgan fingerprint density at radius 2 is 2.12 bits per heavy atom. The average Bonchev–Trinajstić information content (AvgIpc) is 2.53. The van der Waals surface area contributed by atoms with E-state index in [4.69, 9.17) is 4.42 Å². The van der Waals surface area contributed by atoms with Crippen molar-refractivity contribution in [1.82, 2.24) is 4.98 Å². The fourth-order valence-corrected chi connectivity index (χ4v) is 1.54. The molecule has 0 saturated heterocycles. The first-order valence-electron chi connectivity index (χ1n) is 4.76. The van der Waals surface area contributed by atoms with Gasteiger partial charge in [-0.1, -0.05) is 0 Å². The number of benzene rings is 1. The highest BCUT2D eigenvalue weighted by molar-refractivity contribution is 5.77. The number of rotatable bonds is 2. The molecule has 0 bridgehead atoms. The van der Waals surface area contributed by atoms with Gasteiger partial charge in [-0.3, -0.25) is 4.98 Å². The van der Waals surface area contributed by atoms with Crippen molar-refractivity contribution in [1.29, 1.82) is 0 Å². The molecule has 1 aromatic heterocycles. The van der Waals surface area contributed by atoms with Gasteiger partial charge >= 0.3 is 11.9 Å². The van der Waals surface area contributed by atoms with Crippen LogP contribution in [0.4, 0.5) is 18.9 Å². The molecule has 92 valence electrons. The molecule has 4 nitrogen and oxygen atoms in total. The second kappa shape index (κ2) is 3.83. The lowest BCUT2D eigenvalue weighted by Crippen LogP contribution is -2.30. The maximum atomic E-state index is 12.2. The second-order valence-electron chi connectivity index (χ2n) is 3.67. The number of aromatic nitrogens is 1. The van der Waals surface area contributed by atoms with E-state index < -0.39 is 18.5 Å². The monoisotopic (exact) mass is 246 g/mol. The van der Waals surface area contributed by atoms with E-state index in [9.17, 15) is 18.0 Å². The van der Waals surface area contributed by atoms with Crippen LogP contribution in [0.15, 0.2) is 27.4 Å². The van der Waals surface area contributed by atoms with Gasteiger partial charge in [0.15, 0.2) is 5.58 Å². The lowest BCUT2D eigenvalue weighted by atomic mass is 10.2. The molecule has 1 aromatic carbocycles. The van der Waals surface area contributed by atoms with Crippen molar-refractivity contribution in [2.45, 2.75) is 6.18 Å². The van der Waals surface area contributed by atoms with Crippen molar-refractivity contribution in [3.8, 4) is 0 Å². The largest absolute Gasteiger partial charge is 0.417 e. The number of oxazole rings is 1. The number of hydrogen-bond donors (Lipinski definition) is 1. The van der Waals surface area contributed by atoms with Crippen LogP contribution in [0.2, 0.25) is 0 Å². The number of anilines is 1. The summed E-state index contributed by atoms with van der Waals surface area (Å²) < 4.78 is 41.3. The molecule has 0 unspecified atom stereocenters. The first kappa shape index (κ1) is 11.6. The summed E-state index contributed by atoms with van der Waals surface area (Å²) in [5.74, 6) is -0.629. The Morgan fingerprint density at radius 3 is 2.76 bits per heavy atom. The van der Waals surface area contributed by atoms with Gasteiger partial charge in [0, 0.05) is 12.7 Å². The van der Waals surface area contributed by atoms with Gasteiger partial charge in [0.25, 0.3) is 0 Å². The molecule has 0 atom stereocenters. The van der Waals surface area contributed by atoms with Gasteiger partial charge in [-0.05, 0) is 18.2 Å². The molecule has 1 N–H and O–H groups in total. The second-order valence-corrected chi connectivity index (χ2v) is 3.67. The number of fused-ring (bicyclic) bond motifs is 1. The standard InChI is InChI=1S/C10H9F3N2O2/c1-15(5-10(11,12)13)6-2-3-8-7(4-6)14-9(16)17-8/h2-4H,5H2,1H3,(H,14,16). The van der Waals surface area contributed by atoms with Gasteiger partial charge in [-0.2, -0.15) is 13.2 Å². The van der Waals surface area contributed by atoms with Crippen LogP contribution in [0.25, 0.3) is 11.1 Å². The predicted octanol–water partition coefficient (Wildman–Crippen LogP) is 2.12. The molecule has 7 heteroatoms. The van der Waals surface area contributed by atoms with Crippen LogP contribution >= 0.6 is 0 Å². The van der Waals surface area contributed by atoms with Crippen molar-refractivity contribution in [3.63, 3.8) is 0 Å². The minimum absolute atomic E-state index is 0.319. The van der Waals surface area contributed by atoms with Gasteiger partial charge in [0.2, 0.25) is 0 Å². The highest BCUT2D eigenvalue weighted by Gasteiger charge is 2.29. The number of hydrogen-bond acceptors (Lipinski definition) is 3. The van der Waals surface area contributed by atoms with Gasteiger partial charge in [-0.25, -0.2) is 4.79 Å². The topological polar surface area (TPSA) is 49.2 Å². The quantitative estimate of drug-likeness (QED) is 0.882. The lowest BCUT2D eigenvalue weighted by molar-refractivity contribution is -0.119. The van der Waals surface area contributed by atoms with Gasteiger partial charge in [0.05, 0.1) is 5.52 Å². The molecule has 1 heterocycles.